The molecule has 0 bridgehead atoms. The molecule has 0 spiro atoms. The SMILES string of the molecule is O=CC=Nc1c(Nc2ncc(F)c(Nc3cccc(NCCO)c3)n2)cccc1N1CCOCC1. The maximum atomic E-state index is 14.5. The van der Waals surface area contributed by atoms with Crippen LogP contribution in [0.3, 0.4) is 0 Å². The number of hydrogen-bond acceptors (Lipinski definition) is 10. The number of halogens is 1. The topological polar surface area (TPSA) is 124 Å². The van der Waals surface area contributed by atoms with Crippen LogP contribution >= 0.6 is 0 Å². The van der Waals surface area contributed by atoms with Gasteiger partial charge in [0.2, 0.25) is 5.95 Å². The van der Waals surface area contributed by atoms with E-state index in [0.717, 1.165) is 17.6 Å². The molecule has 1 aliphatic rings. The molecule has 0 atom stereocenters. The Morgan fingerprint density at radius 2 is 1.94 bits per heavy atom. The Morgan fingerprint density at radius 1 is 1.14 bits per heavy atom. The van der Waals surface area contributed by atoms with Gasteiger partial charge in [0, 0.05) is 31.0 Å². The Labute approximate surface area is 201 Å². The Hall–Kier alpha value is -4.09. The number of carbonyl (C=O) groups excluding carboxylic acids is 1. The molecule has 10 nitrogen and oxygen atoms in total. The summed E-state index contributed by atoms with van der Waals surface area (Å²) in [6.45, 7) is 2.99. The molecule has 1 aromatic heterocycles. The van der Waals surface area contributed by atoms with E-state index in [4.69, 9.17) is 9.84 Å². The maximum Gasteiger partial charge on any atom is 0.229 e. The highest BCUT2D eigenvalue weighted by atomic mass is 19.1. The van der Waals surface area contributed by atoms with Gasteiger partial charge in [0.15, 0.2) is 17.9 Å². The van der Waals surface area contributed by atoms with Gasteiger partial charge in [0.25, 0.3) is 0 Å². The van der Waals surface area contributed by atoms with Crippen molar-refractivity contribution in [2.24, 2.45) is 4.99 Å². The summed E-state index contributed by atoms with van der Waals surface area (Å²) < 4.78 is 19.9. The van der Waals surface area contributed by atoms with Crippen LogP contribution in [-0.2, 0) is 9.53 Å². The fourth-order valence-electron chi connectivity index (χ4n) is 3.61. The molecule has 1 aliphatic heterocycles. The van der Waals surface area contributed by atoms with E-state index in [2.05, 4.69) is 35.8 Å². The fourth-order valence-corrected chi connectivity index (χ4v) is 3.61. The molecule has 11 heteroatoms. The van der Waals surface area contributed by atoms with E-state index in [1.54, 1.807) is 24.3 Å². The zero-order valence-corrected chi connectivity index (χ0v) is 18.9. The number of hydrogen-bond donors (Lipinski definition) is 4. The monoisotopic (exact) mass is 479 g/mol. The molecule has 35 heavy (non-hydrogen) atoms. The minimum Gasteiger partial charge on any atom is -0.395 e. The van der Waals surface area contributed by atoms with Gasteiger partial charge in [0.05, 0.1) is 43.6 Å². The second-order valence-corrected chi connectivity index (χ2v) is 7.56. The van der Waals surface area contributed by atoms with Crippen LogP contribution in [-0.4, -0.2) is 67.0 Å². The van der Waals surface area contributed by atoms with Crippen LogP contribution in [0, 0.1) is 5.82 Å². The number of nitrogens with zero attached hydrogens (tertiary/aromatic N) is 4. The van der Waals surface area contributed by atoms with Crippen molar-refractivity contribution in [3.05, 3.63) is 54.5 Å². The van der Waals surface area contributed by atoms with Crippen molar-refractivity contribution < 1.29 is 19.0 Å². The number of ether oxygens (including phenoxy) is 1. The maximum absolute atomic E-state index is 14.5. The number of anilines is 6. The molecule has 1 saturated heterocycles. The third kappa shape index (κ3) is 6.28. The van der Waals surface area contributed by atoms with E-state index >= 15 is 0 Å². The molecular weight excluding hydrogens is 453 g/mol. The van der Waals surface area contributed by atoms with Gasteiger partial charge in [0.1, 0.15) is 5.69 Å². The number of para-hydroxylation sites is 1. The van der Waals surface area contributed by atoms with Gasteiger partial charge in [-0.25, -0.2) is 14.4 Å². The lowest BCUT2D eigenvalue weighted by molar-refractivity contribution is -0.102. The van der Waals surface area contributed by atoms with Crippen LogP contribution in [0.25, 0.3) is 0 Å². The first-order chi connectivity index (χ1) is 17.2. The van der Waals surface area contributed by atoms with Crippen LogP contribution in [0.15, 0.2) is 53.7 Å². The normalized spacial score (nSPS) is 13.6. The smallest absolute Gasteiger partial charge is 0.229 e. The largest absolute Gasteiger partial charge is 0.395 e. The minimum atomic E-state index is -0.620. The van der Waals surface area contributed by atoms with Gasteiger partial charge >= 0.3 is 0 Å². The number of aliphatic hydroxyl groups is 1. The molecular formula is C24H26FN7O3. The predicted octanol–water partition coefficient (Wildman–Crippen LogP) is 3.24. The standard InChI is InChI=1S/C24H26FN7O3/c25-19-16-28-24(31-23(19)29-18-4-1-3-17(15-18)26-7-11-33)30-20-5-2-6-21(22(20)27-8-12-34)32-9-13-35-14-10-32/h1-6,8,12,15-16,26,33H,7,9-11,13-14H2,(H2,28,29,30,31). The summed E-state index contributed by atoms with van der Waals surface area (Å²) in [5.41, 5.74) is 3.34. The lowest BCUT2D eigenvalue weighted by Crippen LogP contribution is -2.36. The van der Waals surface area contributed by atoms with Crippen molar-refractivity contribution >= 4 is 52.7 Å². The first-order valence-corrected chi connectivity index (χ1v) is 11.1. The molecule has 3 aromatic rings. The molecule has 4 N–H and O–H groups in total. The van der Waals surface area contributed by atoms with E-state index < -0.39 is 5.82 Å². The highest BCUT2D eigenvalue weighted by molar-refractivity contribution is 6.14. The van der Waals surface area contributed by atoms with E-state index in [1.165, 1.54) is 6.21 Å². The number of morpholine rings is 1. The summed E-state index contributed by atoms with van der Waals surface area (Å²) in [5, 5.41) is 18.1. The minimum absolute atomic E-state index is 0.00115. The first-order valence-electron chi connectivity index (χ1n) is 11.1. The molecule has 1 fully saturated rings. The number of aromatic nitrogens is 2. The van der Waals surface area contributed by atoms with Gasteiger partial charge in [-0.2, -0.15) is 4.98 Å². The fraction of sp³-hybridized carbons (Fsp3) is 0.250. The lowest BCUT2D eigenvalue weighted by Gasteiger charge is -2.30. The van der Waals surface area contributed by atoms with E-state index in [-0.39, 0.29) is 18.4 Å². The van der Waals surface area contributed by atoms with Crippen molar-refractivity contribution in [3.63, 3.8) is 0 Å². The number of nitrogens with one attached hydrogen (secondary N) is 3. The molecule has 2 heterocycles. The summed E-state index contributed by atoms with van der Waals surface area (Å²) in [5.74, 6) is -0.472. The summed E-state index contributed by atoms with van der Waals surface area (Å²) in [6.07, 6.45) is 2.87. The van der Waals surface area contributed by atoms with Crippen molar-refractivity contribution in [3.8, 4) is 0 Å². The zero-order valence-electron chi connectivity index (χ0n) is 18.9. The van der Waals surface area contributed by atoms with Crippen LogP contribution in [0.4, 0.5) is 44.6 Å². The Morgan fingerprint density at radius 3 is 2.74 bits per heavy atom. The molecule has 0 saturated carbocycles. The van der Waals surface area contributed by atoms with Crippen molar-refractivity contribution in [1.82, 2.24) is 9.97 Å². The van der Waals surface area contributed by atoms with Crippen molar-refractivity contribution in [2.45, 2.75) is 0 Å². The Bertz CT molecular complexity index is 1190. The molecule has 2 aromatic carbocycles. The van der Waals surface area contributed by atoms with Crippen molar-refractivity contribution in [2.75, 3.05) is 60.3 Å². The molecule has 182 valence electrons. The van der Waals surface area contributed by atoms with Crippen LogP contribution in [0.2, 0.25) is 0 Å². The van der Waals surface area contributed by atoms with Gasteiger partial charge in [-0.3, -0.25) is 4.79 Å². The Balaban J connectivity index is 1.59. The second kappa shape index (κ2) is 11.9. The highest BCUT2D eigenvalue weighted by Gasteiger charge is 2.18. The Kier molecular flexibility index (Phi) is 8.15. The first kappa shape index (κ1) is 24.0. The zero-order chi connectivity index (χ0) is 24.5. The highest BCUT2D eigenvalue weighted by Crippen LogP contribution is 2.37. The summed E-state index contributed by atoms with van der Waals surface area (Å²) in [4.78, 5) is 25.8. The van der Waals surface area contributed by atoms with E-state index in [0.29, 0.717) is 56.2 Å². The molecule has 0 amide bonds. The average molecular weight is 480 g/mol. The van der Waals surface area contributed by atoms with E-state index in [1.807, 2.05) is 18.2 Å². The summed E-state index contributed by atoms with van der Waals surface area (Å²) in [7, 11) is 0. The molecule has 0 radical (unpaired) electrons. The summed E-state index contributed by atoms with van der Waals surface area (Å²) >= 11 is 0. The number of aliphatic hydroxyl groups excluding tert-OH is 1. The van der Waals surface area contributed by atoms with Crippen molar-refractivity contribution in [1.29, 1.82) is 0 Å². The molecule has 0 aliphatic carbocycles. The number of aliphatic imine (C=N–C) groups is 1. The van der Waals surface area contributed by atoms with Gasteiger partial charge in [-0.05, 0) is 30.3 Å². The third-order valence-electron chi connectivity index (χ3n) is 5.19. The summed E-state index contributed by atoms with van der Waals surface area (Å²) in [6, 6.07) is 12.8. The van der Waals surface area contributed by atoms with Crippen LogP contribution in [0.5, 0.6) is 0 Å². The number of aldehydes is 1. The average Bonchev–Trinajstić information content (AvgIpc) is 2.89. The van der Waals surface area contributed by atoms with Crippen LogP contribution < -0.4 is 20.9 Å². The lowest BCUT2D eigenvalue weighted by atomic mass is 10.2. The van der Waals surface area contributed by atoms with Crippen LogP contribution in [0.1, 0.15) is 0 Å². The van der Waals surface area contributed by atoms with Gasteiger partial charge < -0.3 is 30.7 Å². The number of benzene rings is 2. The molecule has 4 rings (SSSR count). The van der Waals surface area contributed by atoms with Gasteiger partial charge in [-0.1, -0.05) is 12.1 Å². The predicted molar refractivity (Wildman–Crippen MR) is 134 cm³/mol. The van der Waals surface area contributed by atoms with Gasteiger partial charge in [-0.15, -0.1) is 0 Å². The molecule has 0 unspecified atom stereocenters. The quantitative estimate of drug-likeness (QED) is 0.256. The van der Waals surface area contributed by atoms with E-state index in [9.17, 15) is 9.18 Å². The number of carbonyl (C=O) groups is 1. The second-order valence-electron chi connectivity index (χ2n) is 7.56. The number of rotatable bonds is 10. The third-order valence-corrected chi connectivity index (χ3v) is 5.19.